The van der Waals surface area contributed by atoms with E-state index in [4.69, 9.17) is 4.74 Å². The summed E-state index contributed by atoms with van der Waals surface area (Å²) in [6.45, 7) is 1.26. The molecule has 160 valence electrons. The molecule has 31 heavy (non-hydrogen) atoms. The topological polar surface area (TPSA) is 78.5 Å². The van der Waals surface area contributed by atoms with Crippen LogP contribution in [0.3, 0.4) is 0 Å². The molecule has 3 heterocycles. The summed E-state index contributed by atoms with van der Waals surface area (Å²) in [5.41, 5.74) is 3.35. The summed E-state index contributed by atoms with van der Waals surface area (Å²) in [6, 6.07) is 17.8. The smallest absolute Gasteiger partial charge is 0.253 e. The van der Waals surface area contributed by atoms with Crippen LogP contribution in [0.4, 0.5) is 0 Å². The molecule has 6 nitrogen and oxygen atoms in total. The normalized spacial score (nSPS) is 23.1. The van der Waals surface area contributed by atoms with Crippen LogP contribution >= 0.6 is 0 Å². The summed E-state index contributed by atoms with van der Waals surface area (Å²) >= 11 is 0. The van der Waals surface area contributed by atoms with Gasteiger partial charge in [-0.1, -0.05) is 42.5 Å². The Morgan fingerprint density at radius 3 is 2.65 bits per heavy atom. The van der Waals surface area contributed by atoms with Crippen molar-refractivity contribution in [3.05, 3.63) is 78.1 Å². The van der Waals surface area contributed by atoms with E-state index in [9.17, 15) is 9.90 Å². The number of rotatable bonds is 3. The number of nitrogens with zero attached hydrogens (tertiary/aromatic N) is 2. The fourth-order valence-corrected chi connectivity index (χ4v) is 4.89. The zero-order chi connectivity index (χ0) is 21.3. The minimum Gasteiger partial charge on any atom is -0.393 e. The first-order valence-electron chi connectivity index (χ1n) is 10.9. The van der Waals surface area contributed by atoms with E-state index in [-0.39, 0.29) is 23.7 Å². The SMILES string of the molecule is O=C(c1cccc(-c2cn[nH]c2)c1)N1CCC2(CC1)C[C@H](O)C[C@H](c1ccccc1)O2. The van der Waals surface area contributed by atoms with Crippen LogP contribution in [0.25, 0.3) is 11.1 Å². The van der Waals surface area contributed by atoms with E-state index in [1.807, 2.05) is 53.6 Å². The van der Waals surface area contributed by atoms with E-state index in [2.05, 4.69) is 22.3 Å². The largest absolute Gasteiger partial charge is 0.393 e. The van der Waals surface area contributed by atoms with Gasteiger partial charge in [0.15, 0.2) is 0 Å². The Morgan fingerprint density at radius 2 is 1.90 bits per heavy atom. The first-order chi connectivity index (χ1) is 15.1. The van der Waals surface area contributed by atoms with Gasteiger partial charge in [-0.15, -0.1) is 0 Å². The van der Waals surface area contributed by atoms with E-state index in [1.54, 1.807) is 6.20 Å². The number of aromatic nitrogens is 2. The van der Waals surface area contributed by atoms with Crippen LogP contribution in [0.5, 0.6) is 0 Å². The zero-order valence-electron chi connectivity index (χ0n) is 17.4. The maximum Gasteiger partial charge on any atom is 0.253 e. The molecule has 2 aliphatic heterocycles. The molecule has 6 heteroatoms. The Labute approximate surface area is 181 Å². The minimum absolute atomic E-state index is 0.0381. The molecule has 2 saturated heterocycles. The molecule has 2 fully saturated rings. The van der Waals surface area contributed by atoms with Crippen LogP contribution in [0.2, 0.25) is 0 Å². The lowest BCUT2D eigenvalue weighted by molar-refractivity contribution is -0.181. The van der Waals surface area contributed by atoms with Gasteiger partial charge in [-0.25, -0.2) is 0 Å². The van der Waals surface area contributed by atoms with Crippen LogP contribution in [0, 0.1) is 0 Å². The highest BCUT2D eigenvalue weighted by Crippen LogP contribution is 2.43. The zero-order valence-corrected chi connectivity index (χ0v) is 17.4. The third kappa shape index (κ3) is 4.13. The first kappa shape index (κ1) is 20.0. The highest BCUT2D eigenvalue weighted by molar-refractivity contribution is 5.95. The van der Waals surface area contributed by atoms with E-state index >= 15 is 0 Å². The fourth-order valence-electron chi connectivity index (χ4n) is 4.89. The Balaban J connectivity index is 1.28. The summed E-state index contributed by atoms with van der Waals surface area (Å²) in [5.74, 6) is 0.0381. The number of carbonyl (C=O) groups is 1. The van der Waals surface area contributed by atoms with Crippen molar-refractivity contribution in [1.29, 1.82) is 0 Å². The molecule has 0 aliphatic carbocycles. The summed E-state index contributed by atoms with van der Waals surface area (Å²) in [4.78, 5) is 15.1. The number of H-pyrrole nitrogens is 1. The number of aliphatic hydroxyl groups is 1. The van der Waals surface area contributed by atoms with Crippen LogP contribution < -0.4 is 0 Å². The highest BCUT2D eigenvalue weighted by Gasteiger charge is 2.44. The number of ether oxygens (including phenoxy) is 1. The maximum atomic E-state index is 13.2. The Hall–Kier alpha value is -2.96. The molecule has 1 spiro atoms. The standard InChI is InChI=1S/C25H27N3O3/c29-22-14-23(18-5-2-1-3-6-18)31-25(15-22)9-11-28(12-10-25)24(30)20-8-4-7-19(13-20)21-16-26-27-17-21/h1-8,13,16-17,22-23,29H,9-12,14-15H2,(H,26,27)/t22-,23-/m1/s1. The van der Waals surface area contributed by atoms with Crippen molar-refractivity contribution in [2.75, 3.05) is 13.1 Å². The Morgan fingerprint density at radius 1 is 1.10 bits per heavy atom. The van der Waals surface area contributed by atoms with E-state index in [0.29, 0.717) is 31.5 Å². The van der Waals surface area contributed by atoms with E-state index in [1.165, 1.54) is 0 Å². The number of aliphatic hydroxyl groups excluding tert-OH is 1. The van der Waals surface area contributed by atoms with Crippen molar-refractivity contribution < 1.29 is 14.6 Å². The molecule has 2 N–H and O–H groups in total. The van der Waals surface area contributed by atoms with Gasteiger partial charge in [-0.3, -0.25) is 9.89 Å². The van der Waals surface area contributed by atoms with Crippen LogP contribution in [0.15, 0.2) is 67.0 Å². The Kier molecular flexibility index (Phi) is 5.34. The molecule has 1 amide bonds. The number of likely N-dealkylation sites (tertiary alicyclic amines) is 1. The molecule has 1 aromatic heterocycles. The van der Waals surface area contributed by atoms with Crippen molar-refractivity contribution in [2.45, 2.75) is 43.5 Å². The lowest BCUT2D eigenvalue weighted by atomic mass is 9.80. The molecule has 2 atom stereocenters. The number of nitrogens with one attached hydrogen (secondary N) is 1. The number of aromatic amines is 1. The van der Waals surface area contributed by atoms with Crippen molar-refractivity contribution in [3.63, 3.8) is 0 Å². The average Bonchev–Trinajstić information content (AvgIpc) is 3.35. The van der Waals surface area contributed by atoms with Gasteiger partial charge >= 0.3 is 0 Å². The quantitative estimate of drug-likeness (QED) is 0.676. The number of benzene rings is 2. The lowest BCUT2D eigenvalue weighted by Gasteiger charge is -2.48. The highest BCUT2D eigenvalue weighted by atomic mass is 16.5. The van der Waals surface area contributed by atoms with Crippen molar-refractivity contribution in [1.82, 2.24) is 15.1 Å². The van der Waals surface area contributed by atoms with E-state index in [0.717, 1.165) is 29.5 Å². The number of carbonyl (C=O) groups excluding carboxylic acids is 1. The van der Waals surface area contributed by atoms with Crippen molar-refractivity contribution in [2.24, 2.45) is 0 Å². The number of amides is 1. The number of hydrogen-bond donors (Lipinski definition) is 2. The van der Waals surface area contributed by atoms with Crippen LogP contribution in [-0.4, -0.2) is 50.9 Å². The molecule has 2 aliphatic rings. The molecular formula is C25H27N3O3. The van der Waals surface area contributed by atoms with Gasteiger partial charge in [-0.05, 0) is 36.1 Å². The van der Waals surface area contributed by atoms with E-state index < -0.39 is 0 Å². The molecule has 0 bridgehead atoms. The minimum atomic E-state index is -0.382. The molecule has 5 rings (SSSR count). The van der Waals surface area contributed by atoms with Gasteiger partial charge in [0, 0.05) is 43.3 Å². The molecular weight excluding hydrogens is 390 g/mol. The molecule has 3 aromatic rings. The van der Waals surface area contributed by atoms with Gasteiger partial charge in [0.25, 0.3) is 5.91 Å². The number of hydrogen-bond acceptors (Lipinski definition) is 4. The van der Waals surface area contributed by atoms with Crippen molar-refractivity contribution >= 4 is 5.91 Å². The monoisotopic (exact) mass is 417 g/mol. The summed E-state index contributed by atoms with van der Waals surface area (Å²) in [7, 11) is 0. The predicted molar refractivity (Wildman–Crippen MR) is 117 cm³/mol. The van der Waals surface area contributed by atoms with Crippen molar-refractivity contribution in [3.8, 4) is 11.1 Å². The summed E-state index contributed by atoms with van der Waals surface area (Å²) in [6.07, 6.45) is 5.82. The second-order valence-corrected chi connectivity index (χ2v) is 8.65. The van der Waals surface area contributed by atoms with Gasteiger partial charge in [0.1, 0.15) is 0 Å². The summed E-state index contributed by atoms with van der Waals surface area (Å²) in [5, 5.41) is 17.4. The number of piperidine rings is 1. The second kappa shape index (κ2) is 8.29. The van der Waals surface area contributed by atoms with Gasteiger partial charge in [0.2, 0.25) is 0 Å². The predicted octanol–water partition coefficient (Wildman–Crippen LogP) is 3.96. The second-order valence-electron chi connectivity index (χ2n) is 8.65. The summed E-state index contributed by atoms with van der Waals surface area (Å²) < 4.78 is 6.56. The Bertz CT molecular complexity index is 1030. The molecule has 2 aromatic carbocycles. The lowest BCUT2D eigenvalue weighted by Crippen LogP contribution is -2.52. The maximum absolute atomic E-state index is 13.2. The van der Waals surface area contributed by atoms with Gasteiger partial charge < -0.3 is 14.7 Å². The average molecular weight is 418 g/mol. The first-order valence-corrected chi connectivity index (χ1v) is 10.9. The molecule has 0 radical (unpaired) electrons. The fraction of sp³-hybridized carbons (Fsp3) is 0.360. The van der Waals surface area contributed by atoms with Gasteiger partial charge in [-0.2, -0.15) is 5.10 Å². The van der Waals surface area contributed by atoms with Gasteiger partial charge in [0.05, 0.1) is 24.0 Å². The third-order valence-electron chi connectivity index (χ3n) is 6.56. The van der Waals surface area contributed by atoms with Crippen LogP contribution in [-0.2, 0) is 4.74 Å². The molecule has 0 saturated carbocycles. The molecule has 0 unspecified atom stereocenters. The third-order valence-corrected chi connectivity index (χ3v) is 6.56. The van der Waals surface area contributed by atoms with Crippen LogP contribution in [0.1, 0.15) is 47.7 Å².